The van der Waals surface area contributed by atoms with Gasteiger partial charge in [-0.2, -0.15) is 0 Å². The van der Waals surface area contributed by atoms with E-state index in [4.69, 9.17) is 0 Å². The van der Waals surface area contributed by atoms with Crippen molar-refractivity contribution in [3.8, 4) is 0 Å². The maximum absolute atomic E-state index is 10.8. The van der Waals surface area contributed by atoms with E-state index in [-0.39, 0.29) is 22.9 Å². The Kier molecular flexibility index (Phi) is 6.02. The molecule has 0 heterocycles. The van der Waals surface area contributed by atoms with Crippen LogP contribution in [0.1, 0.15) is 0 Å². The zero-order valence-corrected chi connectivity index (χ0v) is 8.99. The Morgan fingerprint density at radius 3 is 1.78 bits per heavy atom. The molecular formula is C5H11Br2NO. The van der Waals surface area contributed by atoms with Gasteiger partial charge in [0.2, 0.25) is 0 Å². The largest absolute Gasteiger partial charge is 1.00 e. The Bertz CT molecular complexity index is 97.6. The summed E-state index contributed by atoms with van der Waals surface area (Å²) in [4.78, 5) is 10.8. The zero-order valence-electron chi connectivity index (χ0n) is 5.82. The molecule has 0 aromatic carbocycles. The minimum atomic E-state index is 0. The van der Waals surface area contributed by atoms with Crippen molar-refractivity contribution in [2.75, 3.05) is 26.5 Å². The molecule has 0 radical (unpaired) electrons. The number of halogens is 2. The van der Waals surface area contributed by atoms with E-state index in [0.29, 0.717) is 9.81 Å². The van der Waals surface area contributed by atoms with Gasteiger partial charge in [-0.25, -0.2) is 4.79 Å². The van der Waals surface area contributed by atoms with Crippen LogP contribution in [0.2, 0.25) is 0 Å². The topological polar surface area (TPSA) is 17.1 Å². The Morgan fingerprint density at radius 1 is 1.44 bits per heavy atom. The molecule has 1 amide bonds. The third-order valence-corrected chi connectivity index (χ3v) is 1.34. The van der Waals surface area contributed by atoms with E-state index in [0.717, 1.165) is 0 Å². The molecule has 0 spiro atoms. The van der Waals surface area contributed by atoms with Crippen LogP contribution in [0.4, 0.5) is 0 Å². The molecule has 4 heteroatoms. The van der Waals surface area contributed by atoms with Crippen molar-refractivity contribution in [1.82, 2.24) is 0 Å². The van der Waals surface area contributed by atoms with Gasteiger partial charge in [0, 0.05) is 0 Å². The molecule has 0 bridgehead atoms. The number of alkyl halides is 1. The minimum absolute atomic E-state index is 0. The van der Waals surface area contributed by atoms with Crippen molar-refractivity contribution in [3.05, 3.63) is 0 Å². The number of hydrogen-bond donors (Lipinski definition) is 0. The Balaban J connectivity index is 0. The lowest BCUT2D eigenvalue weighted by Gasteiger charge is -2.18. The van der Waals surface area contributed by atoms with Gasteiger partial charge >= 0.3 is 5.91 Å². The van der Waals surface area contributed by atoms with Gasteiger partial charge in [0.05, 0.1) is 21.1 Å². The van der Waals surface area contributed by atoms with Gasteiger partial charge in [-0.15, -0.1) is 0 Å². The van der Waals surface area contributed by atoms with Gasteiger partial charge in [-0.05, 0) is 0 Å². The first-order valence-electron chi connectivity index (χ1n) is 2.39. The van der Waals surface area contributed by atoms with E-state index >= 15 is 0 Å². The maximum atomic E-state index is 10.8. The molecule has 0 rings (SSSR count). The smallest absolute Gasteiger partial charge is 0.323 e. The first kappa shape index (κ1) is 12.3. The van der Waals surface area contributed by atoms with Crippen LogP contribution in [-0.4, -0.2) is 36.9 Å². The van der Waals surface area contributed by atoms with Gasteiger partial charge in [0.15, 0.2) is 0 Å². The van der Waals surface area contributed by atoms with Crippen LogP contribution in [-0.2, 0) is 4.79 Å². The third-order valence-electron chi connectivity index (χ3n) is 0.863. The number of nitrogens with zero attached hydrogens (tertiary/aromatic N) is 1. The Hall–Kier alpha value is 0.590. The average Bonchev–Trinajstić information content (AvgIpc) is 1.62. The lowest BCUT2D eigenvalue weighted by atomic mass is 10.5. The summed E-state index contributed by atoms with van der Waals surface area (Å²) in [6.45, 7) is 0. The lowest BCUT2D eigenvalue weighted by Crippen LogP contribution is -3.00. The summed E-state index contributed by atoms with van der Waals surface area (Å²) in [5, 5.41) is 0.441. The number of hydrogen-bond acceptors (Lipinski definition) is 1. The fourth-order valence-electron chi connectivity index (χ4n) is 0.179. The van der Waals surface area contributed by atoms with Crippen LogP contribution < -0.4 is 17.0 Å². The number of carbonyl (C=O) groups excluding carboxylic acids is 1. The van der Waals surface area contributed by atoms with Crippen LogP contribution in [0.3, 0.4) is 0 Å². The SMILES string of the molecule is C[N+](C)(C)C(=O)CBr.[Br-]. The molecule has 9 heavy (non-hydrogen) atoms. The van der Waals surface area contributed by atoms with E-state index in [1.54, 1.807) is 0 Å². The Labute approximate surface area is 74.7 Å². The van der Waals surface area contributed by atoms with E-state index in [2.05, 4.69) is 15.9 Å². The highest BCUT2D eigenvalue weighted by molar-refractivity contribution is 9.09. The van der Waals surface area contributed by atoms with Crippen molar-refractivity contribution < 1.29 is 26.3 Å². The minimum Gasteiger partial charge on any atom is -1.00 e. The number of amides is 1. The van der Waals surface area contributed by atoms with Gasteiger partial charge in [-0.1, -0.05) is 15.9 Å². The van der Waals surface area contributed by atoms with Crippen molar-refractivity contribution in [1.29, 1.82) is 0 Å². The van der Waals surface area contributed by atoms with E-state index in [1.165, 1.54) is 0 Å². The average molecular weight is 261 g/mol. The molecule has 0 saturated heterocycles. The molecule has 0 aliphatic heterocycles. The quantitative estimate of drug-likeness (QED) is 0.380. The summed E-state index contributed by atoms with van der Waals surface area (Å²) >= 11 is 3.09. The highest BCUT2D eigenvalue weighted by atomic mass is 79.9. The normalized spacial score (nSPS) is 10.2. The van der Waals surface area contributed by atoms with Crippen molar-refractivity contribution in [2.24, 2.45) is 0 Å². The summed E-state index contributed by atoms with van der Waals surface area (Å²) < 4.78 is 0.394. The molecule has 0 atom stereocenters. The lowest BCUT2D eigenvalue weighted by molar-refractivity contribution is -0.790. The monoisotopic (exact) mass is 259 g/mol. The molecule has 56 valence electrons. The molecule has 0 aliphatic carbocycles. The summed E-state index contributed by atoms with van der Waals surface area (Å²) in [6, 6.07) is 0. The first-order chi connectivity index (χ1) is 3.48. The second-order valence-electron chi connectivity index (χ2n) is 2.54. The number of carbonyl (C=O) groups is 1. The second kappa shape index (κ2) is 4.41. The van der Waals surface area contributed by atoms with Crippen LogP contribution in [0, 0.1) is 0 Å². The highest BCUT2D eigenvalue weighted by Gasteiger charge is 2.17. The molecule has 0 aromatic rings. The van der Waals surface area contributed by atoms with Crippen molar-refractivity contribution >= 4 is 21.8 Å². The van der Waals surface area contributed by atoms with Crippen molar-refractivity contribution in [2.45, 2.75) is 0 Å². The van der Waals surface area contributed by atoms with Crippen LogP contribution in [0.5, 0.6) is 0 Å². The predicted octanol–water partition coefficient (Wildman–Crippen LogP) is -2.38. The highest BCUT2D eigenvalue weighted by Crippen LogP contribution is 1.94. The van der Waals surface area contributed by atoms with E-state index in [1.807, 2.05) is 21.1 Å². The summed E-state index contributed by atoms with van der Waals surface area (Å²) in [6.07, 6.45) is 0. The summed E-state index contributed by atoms with van der Waals surface area (Å²) in [7, 11) is 5.55. The van der Waals surface area contributed by atoms with Crippen LogP contribution in [0.15, 0.2) is 0 Å². The van der Waals surface area contributed by atoms with Gasteiger partial charge < -0.3 is 17.0 Å². The first-order valence-corrected chi connectivity index (χ1v) is 3.51. The fraction of sp³-hybridized carbons (Fsp3) is 0.800. The molecule has 0 saturated carbocycles. The standard InChI is InChI=1S/C5H11BrNO.BrH/c1-7(2,3)5(8)4-6;/h4H2,1-3H3;1H/q+1;/p-1. The van der Waals surface area contributed by atoms with Gasteiger partial charge in [0.25, 0.3) is 0 Å². The molecular weight excluding hydrogens is 250 g/mol. The molecule has 0 unspecified atom stereocenters. The maximum Gasteiger partial charge on any atom is 0.323 e. The Morgan fingerprint density at radius 2 is 1.78 bits per heavy atom. The molecule has 0 fully saturated rings. The fourth-order valence-corrected chi connectivity index (χ4v) is 0.932. The predicted molar refractivity (Wildman–Crippen MR) is 36.8 cm³/mol. The molecule has 0 aromatic heterocycles. The summed E-state index contributed by atoms with van der Waals surface area (Å²) in [5.74, 6) is 0.185. The van der Waals surface area contributed by atoms with Gasteiger partial charge in [-0.3, -0.25) is 4.48 Å². The van der Waals surface area contributed by atoms with Crippen LogP contribution in [0.25, 0.3) is 0 Å². The number of rotatable bonds is 1. The summed E-state index contributed by atoms with van der Waals surface area (Å²) in [5.41, 5.74) is 0. The molecule has 0 N–H and O–H groups in total. The number of quaternary nitrogens is 1. The van der Waals surface area contributed by atoms with Crippen molar-refractivity contribution in [3.63, 3.8) is 0 Å². The van der Waals surface area contributed by atoms with Gasteiger partial charge in [0.1, 0.15) is 5.33 Å². The van der Waals surface area contributed by atoms with Crippen LogP contribution >= 0.6 is 15.9 Å². The van der Waals surface area contributed by atoms with E-state index in [9.17, 15) is 4.79 Å². The zero-order chi connectivity index (χ0) is 6.78. The third kappa shape index (κ3) is 5.06. The second-order valence-corrected chi connectivity index (χ2v) is 3.10. The van der Waals surface area contributed by atoms with E-state index < -0.39 is 0 Å². The molecule has 2 nitrogen and oxygen atoms in total. The molecule has 0 aliphatic rings.